The number of benzene rings is 2. The van der Waals surface area contributed by atoms with Gasteiger partial charge in [-0.15, -0.1) is 0 Å². The second-order valence-electron chi connectivity index (χ2n) is 4.83. The lowest BCUT2D eigenvalue weighted by atomic mass is 10.0. The van der Waals surface area contributed by atoms with Gasteiger partial charge in [0.2, 0.25) is 0 Å². The minimum atomic E-state index is -3.89. The molecule has 0 spiro atoms. The van der Waals surface area contributed by atoms with Gasteiger partial charge < -0.3 is 9.84 Å². The third-order valence-electron chi connectivity index (χ3n) is 3.52. The number of halogens is 1. The topological polar surface area (TPSA) is 63.6 Å². The first kappa shape index (κ1) is 14.0. The van der Waals surface area contributed by atoms with E-state index >= 15 is 0 Å². The third-order valence-corrected chi connectivity index (χ3v) is 5.62. The van der Waals surface area contributed by atoms with E-state index in [-0.39, 0.29) is 11.5 Å². The number of aliphatic hydroxyl groups is 1. The molecule has 21 heavy (non-hydrogen) atoms. The van der Waals surface area contributed by atoms with E-state index in [4.69, 9.17) is 4.74 Å². The van der Waals surface area contributed by atoms with E-state index in [0.717, 1.165) is 6.07 Å². The normalized spacial score (nSPS) is 21.4. The standard InChI is InChI=1S/C15H13FO4S/c16-10-4-3-5-11(8-10)21(18,19)14-9-20-13-7-2-1-6-12(13)15(14)17/h1-8,14-15,17H,9H2. The van der Waals surface area contributed by atoms with E-state index in [1.54, 1.807) is 24.3 Å². The van der Waals surface area contributed by atoms with Crippen molar-refractivity contribution in [2.45, 2.75) is 16.2 Å². The monoisotopic (exact) mass is 308 g/mol. The molecule has 4 nitrogen and oxygen atoms in total. The zero-order chi connectivity index (χ0) is 15.0. The van der Waals surface area contributed by atoms with Crippen molar-refractivity contribution in [3.63, 3.8) is 0 Å². The highest BCUT2D eigenvalue weighted by molar-refractivity contribution is 7.92. The second kappa shape index (κ2) is 5.13. The average Bonchev–Trinajstić information content (AvgIpc) is 2.47. The summed E-state index contributed by atoms with van der Waals surface area (Å²) >= 11 is 0. The van der Waals surface area contributed by atoms with Gasteiger partial charge >= 0.3 is 0 Å². The highest BCUT2D eigenvalue weighted by Crippen LogP contribution is 2.36. The first-order chi connectivity index (χ1) is 10.00. The summed E-state index contributed by atoms with van der Waals surface area (Å²) in [5, 5.41) is 9.18. The Balaban J connectivity index is 2.02. The fourth-order valence-electron chi connectivity index (χ4n) is 2.40. The van der Waals surface area contributed by atoms with Crippen LogP contribution in [0.1, 0.15) is 11.7 Å². The van der Waals surface area contributed by atoms with Crippen molar-refractivity contribution in [1.29, 1.82) is 0 Å². The van der Waals surface area contributed by atoms with Crippen LogP contribution in [-0.4, -0.2) is 25.4 Å². The van der Waals surface area contributed by atoms with E-state index in [1.807, 2.05) is 0 Å². The number of rotatable bonds is 2. The Labute approximate surface area is 121 Å². The molecule has 1 aliphatic rings. The molecular weight excluding hydrogens is 295 g/mol. The SMILES string of the molecule is O=S(=O)(c1cccc(F)c1)C1COc2ccccc2C1O. The Morgan fingerprint density at radius 1 is 1.14 bits per heavy atom. The highest BCUT2D eigenvalue weighted by Gasteiger charge is 2.39. The van der Waals surface area contributed by atoms with Crippen LogP contribution < -0.4 is 4.74 Å². The van der Waals surface area contributed by atoms with Gasteiger partial charge in [-0.2, -0.15) is 0 Å². The van der Waals surface area contributed by atoms with Crippen LogP contribution in [0.5, 0.6) is 5.75 Å². The molecule has 3 rings (SSSR count). The predicted molar refractivity (Wildman–Crippen MR) is 74.3 cm³/mol. The van der Waals surface area contributed by atoms with Crippen molar-refractivity contribution in [1.82, 2.24) is 0 Å². The quantitative estimate of drug-likeness (QED) is 0.923. The van der Waals surface area contributed by atoms with E-state index in [2.05, 4.69) is 0 Å². The summed E-state index contributed by atoms with van der Waals surface area (Å²) in [6.45, 7) is -0.170. The zero-order valence-electron chi connectivity index (χ0n) is 10.9. The van der Waals surface area contributed by atoms with Gasteiger partial charge in [0, 0.05) is 5.56 Å². The summed E-state index contributed by atoms with van der Waals surface area (Å²) in [4.78, 5) is -0.158. The van der Waals surface area contributed by atoms with Crippen molar-refractivity contribution in [3.8, 4) is 5.75 Å². The van der Waals surface area contributed by atoms with E-state index in [9.17, 15) is 17.9 Å². The summed E-state index contributed by atoms with van der Waals surface area (Å²) in [5.74, 6) is -0.168. The molecule has 0 aromatic heterocycles. The van der Waals surface area contributed by atoms with Crippen LogP contribution in [0.3, 0.4) is 0 Å². The Hall–Kier alpha value is -1.92. The smallest absolute Gasteiger partial charge is 0.187 e. The molecule has 1 aliphatic heterocycles. The van der Waals surface area contributed by atoms with Crippen LogP contribution >= 0.6 is 0 Å². The molecule has 2 atom stereocenters. The number of aliphatic hydroxyl groups excluding tert-OH is 1. The molecule has 0 amide bonds. The van der Waals surface area contributed by atoms with Crippen molar-refractivity contribution in [3.05, 3.63) is 59.9 Å². The van der Waals surface area contributed by atoms with Gasteiger partial charge in [-0.1, -0.05) is 24.3 Å². The summed E-state index contributed by atoms with van der Waals surface area (Å²) in [7, 11) is -3.89. The lowest BCUT2D eigenvalue weighted by molar-refractivity contribution is 0.119. The lowest BCUT2D eigenvalue weighted by Crippen LogP contribution is -2.37. The van der Waals surface area contributed by atoms with Crippen LogP contribution in [0.2, 0.25) is 0 Å². The maximum absolute atomic E-state index is 13.2. The maximum atomic E-state index is 13.2. The summed E-state index contributed by atoms with van der Waals surface area (Å²) in [5.41, 5.74) is 0.425. The van der Waals surface area contributed by atoms with Crippen LogP contribution in [0.25, 0.3) is 0 Å². The molecule has 0 bridgehead atoms. The Kier molecular flexibility index (Phi) is 3.43. The van der Waals surface area contributed by atoms with Crippen molar-refractivity contribution < 1.29 is 22.7 Å². The maximum Gasteiger partial charge on any atom is 0.187 e. The molecule has 0 saturated heterocycles. The summed E-state index contributed by atoms with van der Waals surface area (Å²) < 4.78 is 43.8. The number of hydrogen-bond donors (Lipinski definition) is 1. The van der Waals surface area contributed by atoms with Gasteiger partial charge in [0.1, 0.15) is 29.5 Å². The molecule has 0 saturated carbocycles. The van der Waals surface area contributed by atoms with Gasteiger partial charge in [0.25, 0.3) is 0 Å². The molecule has 6 heteroatoms. The molecule has 1 N–H and O–H groups in total. The Morgan fingerprint density at radius 2 is 1.90 bits per heavy atom. The van der Waals surface area contributed by atoms with Gasteiger partial charge in [0.15, 0.2) is 9.84 Å². The van der Waals surface area contributed by atoms with E-state index in [0.29, 0.717) is 11.3 Å². The van der Waals surface area contributed by atoms with E-state index in [1.165, 1.54) is 18.2 Å². The van der Waals surface area contributed by atoms with Gasteiger partial charge in [-0.3, -0.25) is 0 Å². The number of ether oxygens (including phenoxy) is 1. The average molecular weight is 308 g/mol. The number of fused-ring (bicyclic) bond motifs is 1. The predicted octanol–water partition coefficient (Wildman–Crippen LogP) is 2.09. The fourth-order valence-corrected chi connectivity index (χ4v) is 4.03. The second-order valence-corrected chi connectivity index (χ2v) is 7.00. The van der Waals surface area contributed by atoms with Gasteiger partial charge in [-0.25, -0.2) is 12.8 Å². The molecule has 2 aromatic carbocycles. The first-order valence-electron chi connectivity index (χ1n) is 6.39. The van der Waals surface area contributed by atoms with Crippen LogP contribution in [0.4, 0.5) is 4.39 Å². The number of sulfone groups is 1. The summed E-state index contributed by atoms with van der Waals surface area (Å²) in [6, 6.07) is 11.5. The zero-order valence-corrected chi connectivity index (χ0v) is 11.8. The number of para-hydroxylation sites is 1. The highest BCUT2D eigenvalue weighted by atomic mass is 32.2. The van der Waals surface area contributed by atoms with E-state index < -0.39 is 27.0 Å². The molecular formula is C15H13FO4S. The van der Waals surface area contributed by atoms with Gasteiger partial charge in [-0.05, 0) is 24.3 Å². The first-order valence-corrected chi connectivity index (χ1v) is 7.94. The minimum absolute atomic E-state index is 0.158. The van der Waals surface area contributed by atoms with Crippen molar-refractivity contribution in [2.24, 2.45) is 0 Å². The van der Waals surface area contributed by atoms with Crippen LogP contribution in [0, 0.1) is 5.82 Å². The molecule has 2 unspecified atom stereocenters. The van der Waals surface area contributed by atoms with Crippen molar-refractivity contribution in [2.75, 3.05) is 6.61 Å². The minimum Gasteiger partial charge on any atom is -0.492 e. The Bertz CT molecular complexity index is 773. The van der Waals surface area contributed by atoms with Gasteiger partial charge in [0.05, 0.1) is 4.90 Å². The largest absolute Gasteiger partial charge is 0.492 e. The Morgan fingerprint density at radius 3 is 2.67 bits per heavy atom. The molecule has 0 fully saturated rings. The molecule has 0 radical (unpaired) electrons. The summed E-state index contributed by atoms with van der Waals surface area (Å²) in [6.07, 6.45) is -1.21. The van der Waals surface area contributed by atoms with Crippen LogP contribution in [0.15, 0.2) is 53.4 Å². The third kappa shape index (κ3) is 2.41. The molecule has 1 heterocycles. The lowest BCUT2D eigenvalue weighted by Gasteiger charge is -2.29. The van der Waals surface area contributed by atoms with Crippen molar-refractivity contribution >= 4 is 9.84 Å². The van der Waals surface area contributed by atoms with Crippen LogP contribution in [-0.2, 0) is 9.84 Å². The molecule has 2 aromatic rings. The molecule has 110 valence electrons. The fraction of sp³-hybridized carbons (Fsp3) is 0.200. The number of hydrogen-bond acceptors (Lipinski definition) is 4. The molecule has 0 aliphatic carbocycles.